The first-order chi connectivity index (χ1) is 13.2. The number of nitrogens with zero attached hydrogens (tertiary/aromatic N) is 4. The molecule has 0 aliphatic carbocycles. The van der Waals surface area contributed by atoms with E-state index in [2.05, 4.69) is 20.2 Å². The van der Waals surface area contributed by atoms with Gasteiger partial charge in [-0.25, -0.2) is 14.8 Å². The highest BCUT2D eigenvalue weighted by Crippen LogP contribution is 2.29. The third-order valence-corrected chi connectivity index (χ3v) is 4.69. The first-order valence-corrected chi connectivity index (χ1v) is 9.69. The van der Waals surface area contributed by atoms with Gasteiger partial charge in [-0.3, -0.25) is 0 Å². The van der Waals surface area contributed by atoms with Crippen molar-refractivity contribution in [2.24, 2.45) is 0 Å². The maximum Gasteiger partial charge on any atom is 0.318 e. The number of anilines is 1. The predicted octanol–water partition coefficient (Wildman–Crippen LogP) is 3.94. The van der Waals surface area contributed by atoms with E-state index in [1.54, 1.807) is 18.2 Å². The van der Waals surface area contributed by atoms with Crippen molar-refractivity contribution in [3.8, 4) is 11.6 Å². The molecule has 1 aliphatic rings. The van der Waals surface area contributed by atoms with Gasteiger partial charge in [0.25, 0.3) is 0 Å². The minimum atomic E-state index is -0.258. The van der Waals surface area contributed by atoms with Crippen LogP contribution < -0.4 is 15.0 Å². The van der Waals surface area contributed by atoms with E-state index in [1.807, 2.05) is 44.7 Å². The highest BCUT2D eigenvalue weighted by molar-refractivity contribution is 6.32. The number of ether oxygens (including phenoxy) is 1. The minimum absolute atomic E-state index is 0.0370. The van der Waals surface area contributed by atoms with Crippen molar-refractivity contribution in [2.45, 2.75) is 39.3 Å². The van der Waals surface area contributed by atoms with Gasteiger partial charge in [-0.1, -0.05) is 23.7 Å². The quantitative estimate of drug-likeness (QED) is 0.840. The Kier molecular flexibility index (Phi) is 5.93. The highest BCUT2D eigenvalue weighted by atomic mass is 35.5. The number of aromatic nitrogens is 2. The lowest BCUT2D eigenvalue weighted by Gasteiger charge is -2.41. The van der Waals surface area contributed by atoms with E-state index < -0.39 is 0 Å². The third-order valence-electron chi connectivity index (χ3n) is 4.37. The van der Waals surface area contributed by atoms with Crippen LogP contribution in [0.1, 0.15) is 27.7 Å². The largest absolute Gasteiger partial charge is 0.437 e. The van der Waals surface area contributed by atoms with E-state index in [-0.39, 0.29) is 17.6 Å². The van der Waals surface area contributed by atoms with E-state index in [0.29, 0.717) is 36.3 Å². The van der Waals surface area contributed by atoms with Gasteiger partial charge in [-0.05, 0) is 39.8 Å². The summed E-state index contributed by atoms with van der Waals surface area (Å²) in [5, 5.41) is 3.55. The molecule has 2 aromatic rings. The van der Waals surface area contributed by atoms with Crippen LogP contribution in [-0.4, -0.2) is 52.1 Å². The summed E-state index contributed by atoms with van der Waals surface area (Å²) in [6.07, 6.45) is 1.48. The Balaban J connectivity index is 1.67. The SMILES string of the molecule is C[C@H]1CN(c2cc(Oc3ccccc3Cl)ncn2)CCN1C(=O)NC(C)(C)C. The van der Waals surface area contributed by atoms with Crippen LogP contribution in [0.4, 0.5) is 10.6 Å². The number of carbonyl (C=O) groups is 1. The molecule has 150 valence electrons. The van der Waals surface area contributed by atoms with Crippen molar-refractivity contribution in [3.05, 3.63) is 41.7 Å². The van der Waals surface area contributed by atoms with Crippen molar-refractivity contribution in [1.29, 1.82) is 0 Å². The van der Waals surface area contributed by atoms with Crippen molar-refractivity contribution in [2.75, 3.05) is 24.5 Å². The number of rotatable bonds is 3. The number of benzene rings is 1. The fraction of sp³-hybridized carbons (Fsp3) is 0.450. The number of nitrogens with one attached hydrogen (secondary N) is 1. The average Bonchev–Trinajstić information content (AvgIpc) is 2.62. The zero-order valence-corrected chi connectivity index (χ0v) is 17.4. The maximum absolute atomic E-state index is 12.5. The molecule has 2 amide bonds. The number of piperazine rings is 1. The van der Waals surface area contributed by atoms with Crippen molar-refractivity contribution in [1.82, 2.24) is 20.2 Å². The molecule has 1 N–H and O–H groups in total. The number of amides is 2. The Hall–Kier alpha value is -2.54. The van der Waals surface area contributed by atoms with E-state index in [1.165, 1.54) is 6.33 Å². The molecule has 3 rings (SSSR count). The normalized spacial score (nSPS) is 17.4. The molecular weight excluding hydrogens is 378 g/mol. The van der Waals surface area contributed by atoms with Gasteiger partial charge >= 0.3 is 6.03 Å². The summed E-state index contributed by atoms with van der Waals surface area (Å²) in [7, 11) is 0. The number of hydrogen-bond acceptors (Lipinski definition) is 5. The van der Waals surface area contributed by atoms with Gasteiger partial charge in [0.1, 0.15) is 17.9 Å². The second-order valence-corrected chi connectivity index (χ2v) is 8.32. The van der Waals surface area contributed by atoms with E-state index >= 15 is 0 Å². The van der Waals surface area contributed by atoms with Crippen LogP contribution in [0.3, 0.4) is 0 Å². The lowest BCUT2D eigenvalue weighted by atomic mass is 10.1. The molecule has 0 spiro atoms. The standard InChI is InChI=1S/C20H26ClN5O2/c1-14-12-25(9-10-26(14)19(27)24-20(2,3)4)17-11-18(23-13-22-17)28-16-8-6-5-7-15(16)21/h5-8,11,13-14H,9-10,12H2,1-4H3,(H,24,27)/t14-/m0/s1. The molecular formula is C20H26ClN5O2. The first kappa shape index (κ1) is 20.2. The first-order valence-electron chi connectivity index (χ1n) is 9.31. The molecule has 1 atom stereocenters. The molecule has 0 saturated carbocycles. The van der Waals surface area contributed by atoms with Gasteiger partial charge in [-0.2, -0.15) is 0 Å². The van der Waals surface area contributed by atoms with Gasteiger partial charge in [0, 0.05) is 37.3 Å². The molecule has 2 heterocycles. The lowest BCUT2D eigenvalue weighted by molar-refractivity contribution is 0.163. The monoisotopic (exact) mass is 403 g/mol. The Labute approximate surface area is 170 Å². The molecule has 1 aromatic heterocycles. The molecule has 0 unspecified atom stereocenters. The molecule has 28 heavy (non-hydrogen) atoms. The molecule has 0 radical (unpaired) electrons. The van der Waals surface area contributed by atoms with Crippen molar-refractivity contribution >= 4 is 23.4 Å². The van der Waals surface area contributed by atoms with Gasteiger partial charge < -0.3 is 19.9 Å². The Bertz CT molecular complexity index is 839. The summed E-state index contributed by atoms with van der Waals surface area (Å²) in [6.45, 7) is 9.96. The number of hydrogen-bond donors (Lipinski definition) is 1. The van der Waals surface area contributed by atoms with Gasteiger partial charge in [0.05, 0.1) is 5.02 Å². The number of urea groups is 1. The van der Waals surface area contributed by atoms with Gasteiger partial charge in [0.2, 0.25) is 5.88 Å². The second kappa shape index (κ2) is 8.22. The van der Waals surface area contributed by atoms with Crippen LogP contribution >= 0.6 is 11.6 Å². The molecule has 0 bridgehead atoms. The Morgan fingerprint density at radius 3 is 2.68 bits per heavy atom. The Morgan fingerprint density at radius 2 is 2.00 bits per heavy atom. The maximum atomic E-state index is 12.5. The van der Waals surface area contributed by atoms with Crippen molar-refractivity contribution < 1.29 is 9.53 Å². The van der Waals surface area contributed by atoms with Gasteiger partial charge in [0.15, 0.2) is 0 Å². The minimum Gasteiger partial charge on any atom is -0.437 e. The van der Waals surface area contributed by atoms with Crippen LogP contribution in [-0.2, 0) is 0 Å². The molecule has 1 aliphatic heterocycles. The predicted molar refractivity (Wildman–Crippen MR) is 110 cm³/mol. The van der Waals surface area contributed by atoms with Crippen LogP contribution in [0, 0.1) is 0 Å². The topological polar surface area (TPSA) is 70.6 Å². The van der Waals surface area contributed by atoms with Crippen LogP contribution in [0.15, 0.2) is 36.7 Å². The average molecular weight is 404 g/mol. The van der Waals surface area contributed by atoms with Crippen LogP contribution in [0.2, 0.25) is 5.02 Å². The summed E-state index contributed by atoms with van der Waals surface area (Å²) < 4.78 is 5.80. The number of halogens is 1. The Morgan fingerprint density at radius 1 is 1.25 bits per heavy atom. The summed E-state index contributed by atoms with van der Waals surface area (Å²) in [4.78, 5) is 25.0. The molecule has 1 saturated heterocycles. The van der Waals surface area contributed by atoms with Crippen molar-refractivity contribution in [3.63, 3.8) is 0 Å². The zero-order chi connectivity index (χ0) is 20.3. The highest BCUT2D eigenvalue weighted by Gasteiger charge is 2.30. The zero-order valence-electron chi connectivity index (χ0n) is 16.6. The van der Waals surface area contributed by atoms with Crippen LogP contribution in [0.5, 0.6) is 11.6 Å². The molecule has 1 aromatic carbocycles. The number of carbonyl (C=O) groups excluding carboxylic acids is 1. The lowest BCUT2D eigenvalue weighted by Crippen LogP contribution is -2.59. The number of para-hydroxylation sites is 1. The second-order valence-electron chi connectivity index (χ2n) is 7.92. The fourth-order valence-electron chi connectivity index (χ4n) is 3.06. The molecule has 7 nitrogen and oxygen atoms in total. The van der Waals surface area contributed by atoms with Crippen LogP contribution in [0.25, 0.3) is 0 Å². The van der Waals surface area contributed by atoms with E-state index in [0.717, 1.165) is 5.82 Å². The van der Waals surface area contributed by atoms with E-state index in [9.17, 15) is 4.79 Å². The summed E-state index contributed by atoms with van der Waals surface area (Å²) in [5.74, 6) is 1.74. The fourth-order valence-corrected chi connectivity index (χ4v) is 3.23. The summed E-state index contributed by atoms with van der Waals surface area (Å²) >= 11 is 6.15. The van der Waals surface area contributed by atoms with E-state index in [4.69, 9.17) is 16.3 Å². The molecule has 1 fully saturated rings. The summed E-state index contributed by atoms with van der Waals surface area (Å²) in [5.41, 5.74) is -0.258. The smallest absolute Gasteiger partial charge is 0.318 e. The summed E-state index contributed by atoms with van der Waals surface area (Å²) in [6, 6.07) is 9.07. The third kappa shape index (κ3) is 5.04. The van der Waals surface area contributed by atoms with Gasteiger partial charge in [-0.15, -0.1) is 0 Å². The molecule has 8 heteroatoms.